The molecule has 0 aliphatic carbocycles. The number of anilines is 1. The van der Waals surface area contributed by atoms with Crippen LogP contribution in [0, 0.1) is 0 Å². The molecule has 0 fully saturated rings. The molecule has 0 aliphatic rings. The summed E-state index contributed by atoms with van der Waals surface area (Å²) in [5.41, 5.74) is 0.388. The van der Waals surface area contributed by atoms with Crippen LogP contribution >= 0.6 is 23.2 Å². The van der Waals surface area contributed by atoms with E-state index in [0.717, 1.165) is 0 Å². The summed E-state index contributed by atoms with van der Waals surface area (Å²) in [6, 6.07) is 5.00. The molecule has 0 radical (unpaired) electrons. The van der Waals surface area contributed by atoms with Crippen LogP contribution in [0.1, 0.15) is 13.8 Å². The van der Waals surface area contributed by atoms with Crippen molar-refractivity contribution in [2.45, 2.75) is 13.8 Å². The summed E-state index contributed by atoms with van der Waals surface area (Å²) in [5.74, 6) is -0.277. The zero-order valence-corrected chi connectivity index (χ0v) is 14.5. The Labute approximate surface area is 141 Å². The predicted octanol–water partition coefficient (Wildman–Crippen LogP) is 2.73. The van der Waals surface area contributed by atoms with Crippen LogP contribution in [0.3, 0.4) is 0 Å². The Kier molecular flexibility index (Phi) is 7.65. The van der Waals surface area contributed by atoms with Crippen LogP contribution in [-0.4, -0.2) is 54.8 Å². The molecule has 122 valence electrons. The minimum absolute atomic E-state index is 0.00363. The van der Waals surface area contributed by atoms with Gasteiger partial charge in [0, 0.05) is 13.1 Å². The van der Waals surface area contributed by atoms with Crippen LogP contribution in [0.5, 0.6) is 0 Å². The van der Waals surface area contributed by atoms with E-state index < -0.39 is 0 Å². The average molecular weight is 346 g/mol. The molecule has 0 aromatic heterocycles. The SMILES string of the molecule is CCN(CC)C(=O)CN(C)CC(=O)Nc1c(Cl)cccc1Cl. The summed E-state index contributed by atoms with van der Waals surface area (Å²) in [6.07, 6.45) is 0. The van der Waals surface area contributed by atoms with Gasteiger partial charge in [-0.15, -0.1) is 0 Å². The highest BCUT2D eigenvalue weighted by molar-refractivity contribution is 6.39. The van der Waals surface area contributed by atoms with Gasteiger partial charge in [-0.1, -0.05) is 29.3 Å². The van der Waals surface area contributed by atoms with Gasteiger partial charge in [-0.25, -0.2) is 0 Å². The van der Waals surface area contributed by atoms with Crippen LogP contribution in [0.4, 0.5) is 5.69 Å². The molecule has 0 saturated heterocycles. The molecule has 5 nitrogen and oxygen atoms in total. The molecule has 1 aromatic carbocycles. The number of para-hydroxylation sites is 1. The first-order chi connectivity index (χ1) is 10.4. The first kappa shape index (κ1) is 18.7. The number of likely N-dealkylation sites (N-methyl/N-ethyl adjacent to an activating group) is 2. The third kappa shape index (κ3) is 5.48. The van der Waals surface area contributed by atoms with Gasteiger partial charge in [-0.3, -0.25) is 14.5 Å². The quantitative estimate of drug-likeness (QED) is 0.826. The molecule has 1 rings (SSSR count). The lowest BCUT2D eigenvalue weighted by atomic mass is 10.3. The maximum atomic E-state index is 12.0. The average Bonchev–Trinajstić information content (AvgIpc) is 2.44. The molecule has 2 amide bonds. The lowest BCUT2D eigenvalue weighted by Gasteiger charge is -2.22. The van der Waals surface area contributed by atoms with E-state index in [1.807, 2.05) is 13.8 Å². The number of nitrogens with zero attached hydrogens (tertiary/aromatic N) is 2. The molecule has 0 spiro atoms. The minimum atomic E-state index is -0.273. The van der Waals surface area contributed by atoms with E-state index in [0.29, 0.717) is 28.8 Å². The zero-order chi connectivity index (χ0) is 16.7. The summed E-state index contributed by atoms with van der Waals surface area (Å²) in [7, 11) is 1.72. The summed E-state index contributed by atoms with van der Waals surface area (Å²) >= 11 is 12.0. The second-order valence-corrected chi connectivity index (χ2v) is 5.70. The summed E-state index contributed by atoms with van der Waals surface area (Å²) in [6.45, 7) is 5.43. The van der Waals surface area contributed by atoms with Crippen molar-refractivity contribution in [1.82, 2.24) is 9.80 Å². The van der Waals surface area contributed by atoms with E-state index in [9.17, 15) is 9.59 Å². The van der Waals surface area contributed by atoms with Crippen molar-refractivity contribution in [2.75, 3.05) is 38.5 Å². The number of hydrogen-bond donors (Lipinski definition) is 1. The molecule has 0 heterocycles. The van der Waals surface area contributed by atoms with Crippen molar-refractivity contribution in [2.24, 2.45) is 0 Å². The number of nitrogens with one attached hydrogen (secondary N) is 1. The molecule has 1 N–H and O–H groups in total. The third-order valence-electron chi connectivity index (χ3n) is 3.16. The van der Waals surface area contributed by atoms with Crippen LogP contribution in [0.25, 0.3) is 0 Å². The van der Waals surface area contributed by atoms with E-state index in [4.69, 9.17) is 23.2 Å². The largest absolute Gasteiger partial charge is 0.342 e. The van der Waals surface area contributed by atoms with Gasteiger partial charge < -0.3 is 10.2 Å². The summed E-state index contributed by atoms with van der Waals surface area (Å²) in [5, 5.41) is 3.43. The number of rotatable bonds is 7. The molecule has 0 bridgehead atoms. The van der Waals surface area contributed by atoms with Crippen molar-refractivity contribution in [3.63, 3.8) is 0 Å². The molecule has 0 unspecified atom stereocenters. The van der Waals surface area contributed by atoms with E-state index in [1.54, 1.807) is 35.0 Å². The number of carbonyl (C=O) groups is 2. The van der Waals surface area contributed by atoms with E-state index in [1.165, 1.54) is 0 Å². The lowest BCUT2D eigenvalue weighted by molar-refractivity contribution is -0.132. The Balaban J connectivity index is 2.56. The van der Waals surface area contributed by atoms with Crippen LogP contribution < -0.4 is 5.32 Å². The topological polar surface area (TPSA) is 52.7 Å². The smallest absolute Gasteiger partial charge is 0.238 e. The molecule has 1 aromatic rings. The maximum absolute atomic E-state index is 12.0. The monoisotopic (exact) mass is 345 g/mol. The number of hydrogen-bond acceptors (Lipinski definition) is 3. The van der Waals surface area contributed by atoms with Crippen molar-refractivity contribution in [1.29, 1.82) is 0 Å². The third-order valence-corrected chi connectivity index (χ3v) is 3.79. The summed E-state index contributed by atoms with van der Waals surface area (Å²) in [4.78, 5) is 27.4. The molecule has 0 aliphatic heterocycles. The van der Waals surface area contributed by atoms with Gasteiger partial charge in [-0.2, -0.15) is 0 Å². The Bertz CT molecular complexity index is 513. The molecule has 7 heteroatoms. The number of benzene rings is 1. The highest BCUT2D eigenvalue weighted by Gasteiger charge is 2.16. The number of amides is 2. The standard InChI is InChI=1S/C15H21Cl2N3O2/c1-4-20(5-2)14(22)10-19(3)9-13(21)18-15-11(16)7-6-8-12(15)17/h6-8H,4-5,9-10H2,1-3H3,(H,18,21). The Morgan fingerprint density at radius 3 is 2.14 bits per heavy atom. The van der Waals surface area contributed by atoms with E-state index >= 15 is 0 Å². The van der Waals surface area contributed by atoms with Gasteiger partial charge in [0.1, 0.15) is 0 Å². The fraction of sp³-hybridized carbons (Fsp3) is 0.467. The van der Waals surface area contributed by atoms with Crippen molar-refractivity contribution in [3.05, 3.63) is 28.2 Å². The second kappa shape index (κ2) is 8.98. The normalized spacial score (nSPS) is 10.6. The first-order valence-electron chi connectivity index (χ1n) is 7.09. The second-order valence-electron chi connectivity index (χ2n) is 4.88. The molecule has 0 saturated carbocycles. The summed E-state index contributed by atoms with van der Waals surface area (Å²) < 4.78 is 0. The van der Waals surface area contributed by atoms with Crippen molar-refractivity contribution < 1.29 is 9.59 Å². The number of carbonyl (C=O) groups excluding carboxylic acids is 2. The number of halogens is 2. The van der Waals surface area contributed by atoms with Crippen LogP contribution in [0.2, 0.25) is 10.0 Å². The zero-order valence-electron chi connectivity index (χ0n) is 13.0. The van der Waals surface area contributed by atoms with Crippen molar-refractivity contribution >= 4 is 40.7 Å². The minimum Gasteiger partial charge on any atom is -0.342 e. The highest BCUT2D eigenvalue weighted by atomic mass is 35.5. The fourth-order valence-electron chi connectivity index (χ4n) is 2.00. The lowest BCUT2D eigenvalue weighted by Crippen LogP contribution is -2.41. The van der Waals surface area contributed by atoms with Gasteiger partial charge >= 0.3 is 0 Å². The first-order valence-corrected chi connectivity index (χ1v) is 7.84. The molecule has 22 heavy (non-hydrogen) atoms. The van der Waals surface area contributed by atoms with Gasteiger partial charge in [0.15, 0.2) is 0 Å². The predicted molar refractivity (Wildman–Crippen MR) is 90.5 cm³/mol. The Morgan fingerprint density at radius 1 is 1.09 bits per heavy atom. The Hall–Kier alpha value is -1.30. The van der Waals surface area contributed by atoms with Gasteiger partial charge in [0.25, 0.3) is 0 Å². The highest BCUT2D eigenvalue weighted by Crippen LogP contribution is 2.29. The van der Waals surface area contributed by atoms with Crippen molar-refractivity contribution in [3.8, 4) is 0 Å². The molecule has 0 atom stereocenters. The molecular formula is C15H21Cl2N3O2. The van der Waals surface area contributed by atoms with Gasteiger partial charge in [-0.05, 0) is 33.0 Å². The Morgan fingerprint density at radius 2 is 1.64 bits per heavy atom. The fourth-order valence-corrected chi connectivity index (χ4v) is 2.50. The van der Waals surface area contributed by atoms with Gasteiger partial charge in [0.2, 0.25) is 11.8 Å². The molecular weight excluding hydrogens is 325 g/mol. The van der Waals surface area contributed by atoms with Crippen LogP contribution in [-0.2, 0) is 9.59 Å². The van der Waals surface area contributed by atoms with E-state index in [-0.39, 0.29) is 24.9 Å². The van der Waals surface area contributed by atoms with Gasteiger partial charge in [0.05, 0.1) is 28.8 Å². The van der Waals surface area contributed by atoms with E-state index in [2.05, 4.69) is 5.32 Å². The maximum Gasteiger partial charge on any atom is 0.238 e. The van der Waals surface area contributed by atoms with Crippen LogP contribution in [0.15, 0.2) is 18.2 Å².